The Morgan fingerprint density at radius 1 is 0.600 bits per heavy atom. The zero-order valence-corrected chi connectivity index (χ0v) is 16.2. The molecule has 0 aromatic carbocycles. The van der Waals surface area contributed by atoms with Crippen LogP contribution in [0.3, 0.4) is 0 Å². The molecule has 0 spiro atoms. The minimum atomic E-state index is 0.0926. The van der Waals surface area contributed by atoms with Crippen molar-refractivity contribution in [2.75, 3.05) is 14.1 Å². The second kappa shape index (κ2) is 64.4. The van der Waals surface area contributed by atoms with E-state index in [-0.39, 0.29) is 11.8 Å². The highest BCUT2D eigenvalue weighted by Crippen LogP contribution is 1.68. The molecule has 0 aromatic heterocycles. The lowest BCUT2D eigenvalue weighted by molar-refractivity contribution is -0.121. The van der Waals surface area contributed by atoms with Gasteiger partial charge in [0.15, 0.2) is 0 Å². The Morgan fingerprint density at radius 2 is 0.750 bits per heavy atom. The van der Waals surface area contributed by atoms with Gasteiger partial charge < -0.3 is 10.6 Å². The van der Waals surface area contributed by atoms with Gasteiger partial charge in [-0.3, -0.25) is 9.59 Å². The summed E-state index contributed by atoms with van der Waals surface area (Å²) in [6.45, 7) is 19.6. The number of carbonyl (C=O) groups excluding carboxylic acids is 2. The minimum absolute atomic E-state index is 0.0926. The summed E-state index contributed by atoms with van der Waals surface area (Å²) in [5, 5.41) is 4.95. The van der Waals surface area contributed by atoms with Gasteiger partial charge in [0.25, 0.3) is 0 Å². The molecule has 4 nitrogen and oxygen atoms in total. The van der Waals surface area contributed by atoms with E-state index in [4.69, 9.17) is 0 Å². The molecule has 0 aromatic rings. The number of nitrogens with one attached hydrogen (secondary N) is 2. The van der Waals surface area contributed by atoms with Crippen molar-refractivity contribution in [3.05, 3.63) is 0 Å². The van der Waals surface area contributed by atoms with Gasteiger partial charge >= 0.3 is 0 Å². The van der Waals surface area contributed by atoms with E-state index in [9.17, 15) is 9.59 Å². The summed E-state index contributed by atoms with van der Waals surface area (Å²) in [7, 11) is 3.26. The molecular weight excluding hydrogens is 252 g/mol. The summed E-state index contributed by atoms with van der Waals surface area (Å²) in [5.41, 5.74) is 0. The van der Waals surface area contributed by atoms with E-state index in [1.807, 2.05) is 69.2 Å². The standard InChI is InChI=1S/2C4H9NO.4C2H6/c2*1-3-4(6)5-2;4*1-2/h2*3H2,1-2H3,(H,5,6);4*1-2H3. The summed E-state index contributed by atoms with van der Waals surface area (Å²) in [6, 6.07) is 0. The summed E-state index contributed by atoms with van der Waals surface area (Å²) in [6.07, 6.45) is 1.16. The Hall–Kier alpha value is -1.06. The first kappa shape index (κ1) is 36.4. The van der Waals surface area contributed by atoms with Crippen LogP contribution in [0.2, 0.25) is 0 Å². The lowest BCUT2D eigenvalue weighted by atomic mass is 10.5. The molecule has 0 aliphatic heterocycles. The first-order valence-corrected chi connectivity index (χ1v) is 8.03. The molecule has 0 unspecified atom stereocenters. The predicted octanol–water partition coefficient (Wildman–Crippen LogP) is 4.39. The fourth-order valence-corrected chi connectivity index (χ4v) is 0.354. The highest BCUT2D eigenvalue weighted by molar-refractivity contribution is 5.75. The van der Waals surface area contributed by atoms with Crippen LogP contribution >= 0.6 is 0 Å². The molecular formula is C16H42N2O2. The van der Waals surface area contributed by atoms with Gasteiger partial charge in [0, 0.05) is 26.9 Å². The first-order chi connectivity index (χ1) is 9.62. The van der Waals surface area contributed by atoms with Gasteiger partial charge in [-0.15, -0.1) is 0 Å². The van der Waals surface area contributed by atoms with Crippen molar-refractivity contribution in [2.45, 2.75) is 82.1 Å². The van der Waals surface area contributed by atoms with Crippen molar-refractivity contribution in [1.29, 1.82) is 0 Å². The molecule has 0 heterocycles. The molecule has 0 atom stereocenters. The zero-order valence-electron chi connectivity index (χ0n) is 16.2. The van der Waals surface area contributed by atoms with E-state index < -0.39 is 0 Å². The maximum absolute atomic E-state index is 10.1. The molecule has 0 saturated carbocycles. The van der Waals surface area contributed by atoms with Gasteiger partial charge in [0.1, 0.15) is 0 Å². The van der Waals surface area contributed by atoms with Gasteiger partial charge in [-0.2, -0.15) is 0 Å². The maximum Gasteiger partial charge on any atom is 0.219 e. The third-order valence-corrected chi connectivity index (χ3v) is 1.20. The van der Waals surface area contributed by atoms with E-state index in [0.717, 1.165) is 0 Å². The molecule has 0 aliphatic rings. The van der Waals surface area contributed by atoms with Gasteiger partial charge in [0.2, 0.25) is 11.8 Å². The molecule has 0 rings (SSSR count). The molecule has 0 saturated heterocycles. The second-order valence-electron chi connectivity index (χ2n) is 2.05. The third kappa shape index (κ3) is 89.4. The first-order valence-electron chi connectivity index (χ1n) is 8.03. The van der Waals surface area contributed by atoms with E-state index in [1.165, 1.54) is 0 Å². The summed E-state index contributed by atoms with van der Waals surface area (Å²) < 4.78 is 0. The lowest BCUT2D eigenvalue weighted by Gasteiger charge is -1.87. The van der Waals surface area contributed by atoms with Crippen LogP contribution < -0.4 is 10.6 Å². The van der Waals surface area contributed by atoms with E-state index >= 15 is 0 Å². The number of carbonyl (C=O) groups is 2. The fourth-order valence-electron chi connectivity index (χ4n) is 0.354. The molecule has 0 bridgehead atoms. The van der Waals surface area contributed by atoms with Crippen LogP contribution in [0.5, 0.6) is 0 Å². The highest BCUT2D eigenvalue weighted by Gasteiger charge is 1.85. The van der Waals surface area contributed by atoms with E-state index in [1.54, 1.807) is 14.1 Å². The topological polar surface area (TPSA) is 58.2 Å². The average Bonchev–Trinajstić information content (AvgIpc) is 2.60. The molecule has 128 valence electrons. The summed E-state index contributed by atoms with van der Waals surface area (Å²) in [5.74, 6) is 0.185. The maximum atomic E-state index is 10.1. The Labute approximate surface area is 129 Å². The van der Waals surface area contributed by atoms with Crippen molar-refractivity contribution in [3.8, 4) is 0 Å². The molecule has 4 heteroatoms. The quantitative estimate of drug-likeness (QED) is 0.793. The predicted molar refractivity (Wildman–Crippen MR) is 94.1 cm³/mol. The van der Waals surface area contributed by atoms with Crippen LogP contribution in [0, 0.1) is 0 Å². The van der Waals surface area contributed by atoms with Crippen LogP contribution in [-0.2, 0) is 9.59 Å². The monoisotopic (exact) mass is 294 g/mol. The van der Waals surface area contributed by atoms with Crippen molar-refractivity contribution in [3.63, 3.8) is 0 Å². The number of hydrogen-bond donors (Lipinski definition) is 2. The average molecular weight is 295 g/mol. The third-order valence-electron chi connectivity index (χ3n) is 1.20. The zero-order chi connectivity index (χ0) is 18.0. The Bertz CT molecular complexity index is 110. The largest absolute Gasteiger partial charge is 0.359 e. The van der Waals surface area contributed by atoms with Gasteiger partial charge in [-0.1, -0.05) is 69.2 Å². The van der Waals surface area contributed by atoms with Gasteiger partial charge in [0.05, 0.1) is 0 Å². The summed E-state index contributed by atoms with van der Waals surface area (Å²) in [4.78, 5) is 20.1. The van der Waals surface area contributed by atoms with Crippen LogP contribution in [0.4, 0.5) is 0 Å². The van der Waals surface area contributed by atoms with Crippen molar-refractivity contribution in [1.82, 2.24) is 10.6 Å². The van der Waals surface area contributed by atoms with Gasteiger partial charge in [-0.05, 0) is 0 Å². The van der Waals surface area contributed by atoms with Crippen molar-refractivity contribution in [2.24, 2.45) is 0 Å². The number of rotatable bonds is 2. The van der Waals surface area contributed by atoms with Crippen LogP contribution in [0.15, 0.2) is 0 Å². The number of hydrogen-bond acceptors (Lipinski definition) is 2. The van der Waals surface area contributed by atoms with Crippen LogP contribution in [-0.4, -0.2) is 25.9 Å². The lowest BCUT2D eigenvalue weighted by Crippen LogP contribution is -2.15. The van der Waals surface area contributed by atoms with Crippen LogP contribution in [0.25, 0.3) is 0 Å². The second-order valence-corrected chi connectivity index (χ2v) is 2.05. The normalized spacial score (nSPS) is 5.80. The van der Waals surface area contributed by atoms with Crippen molar-refractivity contribution < 1.29 is 9.59 Å². The molecule has 0 radical (unpaired) electrons. The molecule has 20 heavy (non-hydrogen) atoms. The summed E-state index contributed by atoms with van der Waals surface area (Å²) >= 11 is 0. The Morgan fingerprint density at radius 3 is 0.750 bits per heavy atom. The van der Waals surface area contributed by atoms with Gasteiger partial charge in [-0.25, -0.2) is 0 Å². The van der Waals surface area contributed by atoms with E-state index in [2.05, 4.69) is 10.6 Å². The Kier molecular flexibility index (Phi) is 117. The molecule has 2 amide bonds. The minimum Gasteiger partial charge on any atom is -0.359 e. The fraction of sp³-hybridized carbons (Fsp3) is 0.875. The molecule has 2 N–H and O–H groups in total. The van der Waals surface area contributed by atoms with E-state index in [0.29, 0.717) is 12.8 Å². The Balaban J connectivity index is -0.0000000328. The number of amides is 2. The smallest absolute Gasteiger partial charge is 0.219 e. The van der Waals surface area contributed by atoms with Crippen molar-refractivity contribution >= 4 is 11.8 Å². The van der Waals surface area contributed by atoms with Crippen LogP contribution in [0.1, 0.15) is 82.1 Å². The highest BCUT2D eigenvalue weighted by atomic mass is 16.2. The SMILES string of the molecule is CC.CC.CC.CC.CCC(=O)NC.CCC(=O)NC. The molecule has 0 aliphatic carbocycles. The molecule has 0 fully saturated rings.